The van der Waals surface area contributed by atoms with Crippen molar-refractivity contribution in [2.24, 2.45) is 17.3 Å². The molecule has 3 unspecified atom stereocenters. The summed E-state index contributed by atoms with van der Waals surface area (Å²) in [6, 6.07) is 2.47. The quantitative estimate of drug-likeness (QED) is 0.738. The third-order valence-electron chi connectivity index (χ3n) is 5.21. The second-order valence-electron chi connectivity index (χ2n) is 6.13. The molecule has 1 N–H and O–H groups in total. The number of hydrogen-bond donors (Lipinski definition) is 1. The van der Waals surface area contributed by atoms with E-state index in [1.54, 1.807) is 0 Å². The molecule has 0 saturated heterocycles. The second-order valence-corrected chi connectivity index (χ2v) is 6.13. The summed E-state index contributed by atoms with van der Waals surface area (Å²) in [5.74, 6) is 1.24. The first-order chi connectivity index (χ1) is 7.53. The van der Waals surface area contributed by atoms with Gasteiger partial charge in [0, 0.05) is 0 Å². The Labute approximate surface area is 98.7 Å². The van der Waals surface area contributed by atoms with Gasteiger partial charge in [-0.25, -0.2) is 0 Å². The van der Waals surface area contributed by atoms with Crippen molar-refractivity contribution in [2.45, 2.75) is 64.4 Å². The third kappa shape index (κ3) is 1.66. The standard InChI is InChI=1S/C14H23NO/c1-11-5-8-14(16,9-12(11)2)13(10-15)6-3-4-7-13/h11-12,16H,3-9H2,1-2H3. The number of rotatable bonds is 1. The minimum atomic E-state index is -0.704. The first-order valence-electron chi connectivity index (χ1n) is 6.67. The molecule has 2 nitrogen and oxygen atoms in total. The van der Waals surface area contributed by atoms with Crippen LogP contribution in [0.25, 0.3) is 0 Å². The molecule has 0 spiro atoms. The van der Waals surface area contributed by atoms with Crippen LogP contribution in [-0.4, -0.2) is 10.7 Å². The highest BCUT2D eigenvalue weighted by atomic mass is 16.3. The molecule has 0 aromatic carbocycles. The monoisotopic (exact) mass is 221 g/mol. The van der Waals surface area contributed by atoms with Gasteiger partial charge in [0.05, 0.1) is 17.1 Å². The number of nitriles is 1. The zero-order valence-corrected chi connectivity index (χ0v) is 10.5. The lowest BCUT2D eigenvalue weighted by molar-refractivity contribution is -0.102. The van der Waals surface area contributed by atoms with Crippen LogP contribution in [0.5, 0.6) is 0 Å². The molecular weight excluding hydrogens is 198 g/mol. The maximum absolute atomic E-state index is 10.9. The van der Waals surface area contributed by atoms with Crippen LogP contribution in [0.4, 0.5) is 0 Å². The molecule has 0 bridgehead atoms. The summed E-state index contributed by atoms with van der Waals surface area (Å²) < 4.78 is 0. The van der Waals surface area contributed by atoms with E-state index in [1.165, 1.54) is 0 Å². The van der Waals surface area contributed by atoms with E-state index in [1.807, 2.05) is 0 Å². The van der Waals surface area contributed by atoms with Gasteiger partial charge in [0.2, 0.25) is 0 Å². The molecule has 3 atom stereocenters. The number of hydrogen-bond acceptors (Lipinski definition) is 2. The van der Waals surface area contributed by atoms with Crippen LogP contribution in [0, 0.1) is 28.6 Å². The van der Waals surface area contributed by atoms with Crippen LogP contribution in [0.1, 0.15) is 58.8 Å². The van der Waals surface area contributed by atoms with Crippen LogP contribution in [0.15, 0.2) is 0 Å². The van der Waals surface area contributed by atoms with Crippen molar-refractivity contribution in [3.05, 3.63) is 0 Å². The van der Waals surface area contributed by atoms with E-state index in [9.17, 15) is 10.4 Å². The maximum Gasteiger partial charge on any atom is 0.0860 e. The Bertz CT molecular complexity index is 300. The molecule has 16 heavy (non-hydrogen) atoms. The van der Waals surface area contributed by atoms with Gasteiger partial charge in [-0.2, -0.15) is 5.26 Å². The van der Waals surface area contributed by atoms with Gasteiger partial charge >= 0.3 is 0 Å². The van der Waals surface area contributed by atoms with Gasteiger partial charge in [-0.1, -0.05) is 26.7 Å². The highest BCUT2D eigenvalue weighted by Gasteiger charge is 2.54. The van der Waals surface area contributed by atoms with Crippen LogP contribution in [-0.2, 0) is 0 Å². The zero-order chi connectivity index (χ0) is 11.8. The summed E-state index contributed by atoms with van der Waals surface area (Å²) in [5.41, 5.74) is -1.13. The van der Waals surface area contributed by atoms with E-state index in [-0.39, 0.29) is 0 Å². The van der Waals surface area contributed by atoms with Crippen molar-refractivity contribution in [2.75, 3.05) is 0 Å². The van der Waals surface area contributed by atoms with Crippen LogP contribution >= 0.6 is 0 Å². The van der Waals surface area contributed by atoms with Crippen molar-refractivity contribution in [1.82, 2.24) is 0 Å². The summed E-state index contributed by atoms with van der Waals surface area (Å²) in [6.45, 7) is 4.48. The van der Waals surface area contributed by atoms with E-state index in [0.717, 1.165) is 44.9 Å². The number of nitrogens with zero attached hydrogens (tertiary/aromatic N) is 1. The predicted octanol–water partition coefficient (Wildman–Crippen LogP) is 3.26. The highest BCUT2D eigenvalue weighted by molar-refractivity contribution is 5.14. The molecule has 0 aromatic heterocycles. The summed E-state index contributed by atoms with van der Waals surface area (Å²) in [7, 11) is 0. The van der Waals surface area contributed by atoms with Gasteiger partial charge in [0.1, 0.15) is 0 Å². The summed E-state index contributed by atoms with van der Waals surface area (Å²) in [5, 5.41) is 20.4. The smallest absolute Gasteiger partial charge is 0.0860 e. The molecule has 2 saturated carbocycles. The normalized spacial score (nSPS) is 42.9. The Morgan fingerprint density at radius 1 is 1.12 bits per heavy atom. The summed E-state index contributed by atoms with van der Waals surface area (Å²) in [6.07, 6.45) is 6.75. The Morgan fingerprint density at radius 3 is 2.25 bits per heavy atom. The Kier molecular flexibility index (Phi) is 3.01. The topological polar surface area (TPSA) is 44.0 Å². The molecule has 2 aliphatic carbocycles. The molecule has 0 radical (unpaired) electrons. The van der Waals surface area contributed by atoms with E-state index in [0.29, 0.717) is 11.8 Å². The van der Waals surface area contributed by atoms with Crippen molar-refractivity contribution in [1.29, 1.82) is 5.26 Å². The van der Waals surface area contributed by atoms with Gasteiger partial charge in [0.15, 0.2) is 0 Å². The molecule has 90 valence electrons. The van der Waals surface area contributed by atoms with Crippen molar-refractivity contribution in [3.63, 3.8) is 0 Å². The van der Waals surface area contributed by atoms with Gasteiger partial charge in [-0.05, 0) is 43.9 Å². The fourth-order valence-corrected chi connectivity index (χ4v) is 3.68. The Hall–Kier alpha value is -0.550. The SMILES string of the molecule is CC1CCC(O)(C2(C#N)CCCC2)CC1C. The minimum Gasteiger partial charge on any atom is -0.388 e. The van der Waals surface area contributed by atoms with E-state index in [4.69, 9.17) is 0 Å². The van der Waals surface area contributed by atoms with E-state index < -0.39 is 11.0 Å². The minimum absolute atomic E-state index is 0.429. The Morgan fingerprint density at radius 2 is 1.75 bits per heavy atom. The molecule has 0 amide bonds. The van der Waals surface area contributed by atoms with Gasteiger partial charge in [0.25, 0.3) is 0 Å². The fraction of sp³-hybridized carbons (Fsp3) is 0.929. The maximum atomic E-state index is 10.9. The molecular formula is C14H23NO. The molecule has 2 fully saturated rings. The largest absolute Gasteiger partial charge is 0.388 e. The average Bonchev–Trinajstić information content (AvgIpc) is 2.74. The molecule has 0 heterocycles. The van der Waals surface area contributed by atoms with Gasteiger partial charge in [-0.3, -0.25) is 0 Å². The molecule has 2 aliphatic rings. The Balaban J connectivity index is 2.21. The molecule has 0 aromatic rings. The van der Waals surface area contributed by atoms with Gasteiger partial charge in [-0.15, -0.1) is 0 Å². The first kappa shape index (κ1) is 11.9. The highest BCUT2D eigenvalue weighted by Crippen LogP contribution is 2.53. The van der Waals surface area contributed by atoms with Crippen molar-refractivity contribution in [3.8, 4) is 6.07 Å². The molecule has 0 aliphatic heterocycles. The summed E-state index contributed by atoms with van der Waals surface area (Å²) >= 11 is 0. The van der Waals surface area contributed by atoms with E-state index in [2.05, 4.69) is 19.9 Å². The zero-order valence-electron chi connectivity index (χ0n) is 10.5. The van der Waals surface area contributed by atoms with Crippen molar-refractivity contribution >= 4 is 0 Å². The molecule has 2 heteroatoms. The predicted molar refractivity (Wildman–Crippen MR) is 63.6 cm³/mol. The van der Waals surface area contributed by atoms with E-state index >= 15 is 0 Å². The summed E-state index contributed by atoms with van der Waals surface area (Å²) in [4.78, 5) is 0. The second kappa shape index (κ2) is 4.04. The molecule has 2 rings (SSSR count). The van der Waals surface area contributed by atoms with Crippen LogP contribution in [0.3, 0.4) is 0 Å². The first-order valence-corrected chi connectivity index (χ1v) is 6.67. The fourth-order valence-electron chi connectivity index (χ4n) is 3.68. The lowest BCUT2D eigenvalue weighted by atomic mass is 9.60. The van der Waals surface area contributed by atoms with Crippen LogP contribution < -0.4 is 0 Å². The van der Waals surface area contributed by atoms with Gasteiger partial charge < -0.3 is 5.11 Å². The van der Waals surface area contributed by atoms with Crippen molar-refractivity contribution < 1.29 is 5.11 Å². The third-order valence-corrected chi connectivity index (χ3v) is 5.21. The lowest BCUT2D eigenvalue weighted by Crippen LogP contribution is -2.50. The van der Waals surface area contributed by atoms with Crippen LogP contribution in [0.2, 0.25) is 0 Å². The average molecular weight is 221 g/mol. The lowest BCUT2D eigenvalue weighted by Gasteiger charge is -2.47. The number of aliphatic hydroxyl groups is 1.